The zero-order chi connectivity index (χ0) is 45.8. The summed E-state index contributed by atoms with van der Waals surface area (Å²) in [5.74, 6) is 1.12. The van der Waals surface area contributed by atoms with Crippen LogP contribution in [0.2, 0.25) is 0 Å². The molecule has 0 saturated carbocycles. The summed E-state index contributed by atoms with van der Waals surface area (Å²) in [6.07, 6.45) is 9.48. The first-order valence-electron chi connectivity index (χ1n) is 24.2. The van der Waals surface area contributed by atoms with Crippen LogP contribution in [0.4, 0.5) is 42.1 Å². The highest BCUT2D eigenvalue weighted by Crippen LogP contribution is 2.46. The number of aromatic nitrogens is 4. The number of imide groups is 1. The predicted molar refractivity (Wildman–Crippen MR) is 253 cm³/mol. The molecule has 5 aromatic rings. The van der Waals surface area contributed by atoms with Gasteiger partial charge in [-0.05, 0) is 92.0 Å². The number of alkyl halides is 2. The molecule has 15 nitrogen and oxygen atoms in total. The van der Waals surface area contributed by atoms with Crippen LogP contribution in [0.1, 0.15) is 80.3 Å². The second kappa shape index (κ2) is 18.2. The monoisotopic (exact) mass is 915 g/mol. The Morgan fingerprint density at radius 1 is 0.836 bits per heavy atom. The number of fused-ring (bicyclic) bond motifs is 3. The van der Waals surface area contributed by atoms with E-state index in [0.717, 1.165) is 135 Å². The molecule has 6 aliphatic heterocycles. The summed E-state index contributed by atoms with van der Waals surface area (Å²) in [5, 5.41) is 7.71. The summed E-state index contributed by atoms with van der Waals surface area (Å²) < 4.78 is 41.2. The summed E-state index contributed by atoms with van der Waals surface area (Å²) in [7, 11) is 0. The Hall–Kier alpha value is -6.07. The molecule has 9 heterocycles. The lowest BCUT2D eigenvalue weighted by Gasteiger charge is -2.40. The first kappa shape index (κ1) is 43.5. The van der Waals surface area contributed by atoms with Crippen molar-refractivity contribution >= 4 is 52.1 Å². The van der Waals surface area contributed by atoms with Gasteiger partial charge < -0.3 is 28.7 Å². The highest BCUT2D eigenvalue weighted by molar-refractivity contribution is 6.05. The van der Waals surface area contributed by atoms with Crippen LogP contribution in [-0.2, 0) is 33.7 Å². The first-order valence-corrected chi connectivity index (χ1v) is 24.2. The van der Waals surface area contributed by atoms with Gasteiger partial charge in [-0.25, -0.2) is 18.6 Å². The SMILES string of the molecule is CC(=O)N1CCc2c(c(N3CCCc4cc(-c5cc6nccn6cc5N5CCN(CC6CCN(c7cccc(N8CCC(=O)NC8=O)c7)CC6)CC5)c(C(F)F)cc43)nn2C2CCOCC2)C1. The molecule has 3 aromatic heterocycles. The van der Waals surface area contributed by atoms with E-state index < -0.39 is 6.43 Å². The minimum atomic E-state index is -2.72. The molecule has 0 unspecified atom stereocenters. The van der Waals surface area contributed by atoms with Gasteiger partial charge in [0.15, 0.2) is 5.82 Å². The van der Waals surface area contributed by atoms with Gasteiger partial charge in [0.2, 0.25) is 11.8 Å². The van der Waals surface area contributed by atoms with Crippen molar-refractivity contribution in [2.45, 2.75) is 77.3 Å². The molecule has 0 bridgehead atoms. The van der Waals surface area contributed by atoms with Gasteiger partial charge in [-0.3, -0.25) is 29.4 Å². The Labute approximate surface area is 389 Å². The maximum absolute atomic E-state index is 15.7. The number of nitrogens with zero attached hydrogens (tertiary/aromatic N) is 10. The minimum Gasteiger partial charge on any atom is -0.381 e. The van der Waals surface area contributed by atoms with E-state index in [4.69, 9.17) is 9.84 Å². The Balaban J connectivity index is 0.818. The summed E-state index contributed by atoms with van der Waals surface area (Å²) in [5.41, 5.74) is 8.79. The van der Waals surface area contributed by atoms with E-state index in [9.17, 15) is 14.4 Å². The molecule has 4 fully saturated rings. The molecule has 1 N–H and O–H groups in total. The van der Waals surface area contributed by atoms with Gasteiger partial charge in [-0.1, -0.05) is 6.07 Å². The molecular formula is C50H59F2N11O4. The third kappa shape index (κ3) is 8.49. The Morgan fingerprint density at radius 2 is 1.64 bits per heavy atom. The number of piperazine rings is 1. The molecular weight excluding hydrogens is 857 g/mol. The number of imidazole rings is 1. The van der Waals surface area contributed by atoms with Gasteiger partial charge in [0.25, 0.3) is 6.43 Å². The fourth-order valence-electron chi connectivity index (χ4n) is 11.4. The number of carbonyl (C=O) groups is 3. The van der Waals surface area contributed by atoms with Crippen molar-refractivity contribution in [1.29, 1.82) is 0 Å². The van der Waals surface area contributed by atoms with Crippen LogP contribution in [0.15, 0.2) is 61.1 Å². The van der Waals surface area contributed by atoms with Crippen molar-refractivity contribution in [2.75, 3.05) is 98.3 Å². The van der Waals surface area contributed by atoms with Crippen molar-refractivity contribution < 1.29 is 27.9 Å². The Morgan fingerprint density at radius 3 is 2.42 bits per heavy atom. The average Bonchev–Trinajstić information content (AvgIpc) is 3.98. The Kier molecular flexibility index (Phi) is 11.8. The number of hydrogen-bond acceptors (Lipinski definition) is 10. The first-order chi connectivity index (χ1) is 32.6. The molecule has 352 valence electrons. The molecule has 0 aliphatic carbocycles. The normalized spacial score (nSPS) is 20.2. The lowest BCUT2D eigenvalue weighted by atomic mass is 9.91. The van der Waals surface area contributed by atoms with E-state index >= 15 is 8.78 Å². The molecule has 2 aromatic carbocycles. The smallest absolute Gasteiger partial charge is 0.328 e. The van der Waals surface area contributed by atoms with Crippen molar-refractivity contribution in [3.8, 4) is 11.1 Å². The van der Waals surface area contributed by atoms with E-state index in [2.05, 4.69) is 52.9 Å². The number of nitrogens with one attached hydrogen (secondary N) is 1. The van der Waals surface area contributed by atoms with Crippen molar-refractivity contribution in [3.05, 3.63) is 83.4 Å². The van der Waals surface area contributed by atoms with Gasteiger partial charge in [-0.2, -0.15) is 5.10 Å². The van der Waals surface area contributed by atoms with Crippen molar-refractivity contribution in [3.63, 3.8) is 0 Å². The van der Waals surface area contributed by atoms with E-state index in [1.165, 1.54) is 0 Å². The van der Waals surface area contributed by atoms with Crippen LogP contribution in [-0.4, -0.2) is 125 Å². The zero-order valence-electron chi connectivity index (χ0n) is 38.2. The minimum absolute atomic E-state index is 0.00363. The number of aryl methyl sites for hydroxylation is 1. The molecule has 11 rings (SSSR count). The summed E-state index contributed by atoms with van der Waals surface area (Å²) in [6, 6.07) is 13.6. The lowest BCUT2D eigenvalue weighted by molar-refractivity contribution is -0.129. The largest absolute Gasteiger partial charge is 0.381 e. The molecule has 4 saturated heterocycles. The lowest BCUT2D eigenvalue weighted by Crippen LogP contribution is -2.49. The third-order valence-corrected chi connectivity index (χ3v) is 15.1. The van der Waals surface area contributed by atoms with Crippen LogP contribution in [0, 0.1) is 5.92 Å². The van der Waals surface area contributed by atoms with Crippen LogP contribution in [0.3, 0.4) is 0 Å². The fourth-order valence-corrected chi connectivity index (χ4v) is 11.4. The Bertz CT molecular complexity index is 2680. The van der Waals surface area contributed by atoms with Crippen LogP contribution >= 0.6 is 0 Å². The van der Waals surface area contributed by atoms with E-state index in [0.29, 0.717) is 69.4 Å². The second-order valence-electron chi connectivity index (χ2n) is 19.1. The fraction of sp³-hybridized carbons (Fsp3) is 0.500. The molecule has 0 spiro atoms. The highest BCUT2D eigenvalue weighted by Gasteiger charge is 2.35. The number of benzene rings is 2. The van der Waals surface area contributed by atoms with E-state index in [-0.39, 0.29) is 29.5 Å². The number of carbonyl (C=O) groups excluding carboxylic acids is 3. The van der Waals surface area contributed by atoms with Crippen LogP contribution in [0.25, 0.3) is 16.8 Å². The van der Waals surface area contributed by atoms with Gasteiger partial charge in [0.1, 0.15) is 5.65 Å². The van der Waals surface area contributed by atoms with Gasteiger partial charge >= 0.3 is 6.03 Å². The summed E-state index contributed by atoms with van der Waals surface area (Å²) >= 11 is 0. The molecule has 6 aliphatic rings. The standard InChI is InChI=1S/C50H59F2N11O4/c1-33(64)59-17-9-43-42(31-59)49(55-63(43)36-11-24-67-25-12-36)62-14-3-4-35-26-39(41(48(51)52)28-44(35)62)40-29-46-53-13-19-60(46)32-45(40)58-22-20-56(21-23-58)30-34-7-15-57(16-8-34)37-5-2-6-38(27-37)61-18-10-47(65)54-50(61)66/h2,5-6,13,19,26-29,32,34,36,48H,3-4,7-12,14-18,20-25,30-31H2,1H3,(H,54,65,66). The summed E-state index contributed by atoms with van der Waals surface area (Å²) in [6.45, 7) is 11.2. The number of urea groups is 1. The number of halogens is 2. The molecule has 4 amide bonds. The molecule has 17 heteroatoms. The van der Waals surface area contributed by atoms with Gasteiger partial charge in [0.05, 0.1) is 18.3 Å². The van der Waals surface area contributed by atoms with E-state index in [1.54, 1.807) is 24.1 Å². The topological polar surface area (TPSA) is 127 Å². The quantitative estimate of drug-likeness (QED) is 0.166. The predicted octanol–water partition coefficient (Wildman–Crippen LogP) is 6.96. The second-order valence-corrected chi connectivity index (χ2v) is 19.1. The third-order valence-electron chi connectivity index (χ3n) is 15.1. The van der Waals surface area contributed by atoms with Crippen LogP contribution < -0.4 is 24.9 Å². The molecule has 0 atom stereocenters. The number of anilines is 5. The number of ether oxygens (including phenoxy) is 1. The number of amides is 4. The van der Waals surface area contributed by atoms with Gasteiger partial charge in [0, 0.05) is 156 Å². The van der Waals surface area contributed by atoms with Crippen LogP contribution in [0.5, 0.6) is 0 Å². The van der Waals surface area contributed by atoms with E-state index in [1.807, 2.05) is 39.8 Å². The van der Waals surface area contributed by atoms with Crippen molar-refractivity contribution in [1.82, 2.24) is 34.3 Å². The van der Waals surface area contributed by atoms with Crippen molar-refractivity contribution in [2.24, 2.45) is 5.92 Å². The average molecular weight is 916 g/mol. The molecule has 0 radical (unpaired) electrons. The zero-order valence-corrected chi connectivity index (χ0v) is 38.2. The maximum atomic E-state index is 15.7. The highest BCUT2D eigenvalue weighted by atomic mass is 19.3. The maximum Gasteiger partial charge on any atom is 0.328 e. The number of hydrogen-bond donors (Lipinski definition) is 1. The number of piperidine rings is 1. The number of pyridine rings is 1. The summed E-state index contributed by atoms with van der Waals surface area (Å²) in [4.78, 5) is 54.4. The number of rotatable bonds is 9. The van der Waals surface area contributed by atoms with Gasteiger partial charge in [-0.15, -0.1) is 0 Å². The molecule has 67 heavy (non-hydrogen) atoms.